The van der Waals surface area contributed by atoms with Crippen LogP contribution >= 0.6 is 15.9 Å². The van der Waals surface area contributed by atoms with E-state index >= 15 is 0 Å². The van der Waals surface area contributed by atoms with Crippen molar-refractivity contribution in [2.24, 2.45) is 0 Å². The summed E-state index contributed by atoms with van der Waals surface area (Å²) in [6, 6.07) is 5.75. The fraction of sp³-hybridized carbons (Fsp3) is 0.562. The van der Waals surface area contributed by atoms with Gasteiger partial charge >= 0.3 is 6.09 Å². The molecule has 0 bridgehead atoms. The van der Waals surface area contributed by atoms with Gasteiger partial charge in [-0.2, -0.15) is 0 Å². The molecule has 0 saturated carbocycles. The van der Waals surface area contributed by atoms with E-state index in [0.717, 1.165) is 28.7 Å². The van der Waals surface area contributed by atoms with Gasteiger partial charge in [0.25, 0.3) is 0 Å². The lowest BCUT2D eigenvalue weighted by molar-refractivity contribution is 0.0146. The fourth-order valence-electron chi connectivity index (χ4n) is 2.35. The number of fused-ring (bicyclic) bond motifs is 1. The number of aliphatic hydroxyl groups is 1. The normalized spacial score (nSPS) is 19.3. The highest BCUT2D eigenvalue weighted by Crippen LogP contribution is 2.28. The van der Waals surface area contributed by atoms with Crippen LogP contribution in [0.25, 0.3) is 0 Å². The molecule has 2 N–H and O–H groups in total. The minimum atomic E-state index is -0.759. The topological polar surface area (TPSA) is 61.8 Å². The van der Waals surface area contributed by atoms with Gasteiger partial charge in [0.2, 0.25) is 0 Å². The van der Waals surface area contributed by atoms with Crippen molar-refractivity contribution in [2.75, 3.05) is 25.0 Å². The molecule has 0 spiro atoms. The minimum absolute atomic E-state index is 0.222. The monoisotopic (exact) mass is 370 g/mol. The van der Waals surface area contributed by atoms with E-state index in [4.69, 9.17) is 4.74 Å². The van der Waals surface area contributed by atoms with E-state index in [-0.39, 0.29) is 12.6 Å². The number of ether oxygens (including phenoxy) is 1. The number of aliphatic hydroxyl groups excluding tert-OH is 1. The summed E-state index contributed by atoms with van der Waals surface area (Å²) in [6.07, 6.45) is -0.350. The number of hydrogen-bond acceptors (Lipinski definition) is 4. The third-order valence-electron chi connectivity index (χ3n) is 3.34. The Morgan fingerprint density at radius 1 is 1.45 bits per heavy atom. The first kappa shape index (κ1) is 17.1. The van der Waals surface area contributed by atoms with Gasteiger partial charge in [0.1, 0.15) is 5.60 Å². The second kappa shape index (κ2) is 6.87. The summed E-state index contributed by atoms with van der Waals surface area (Å²) < 4.78 is 6.32. The number of carbonyl (C=O) groups is 1. The molecule has 0 unspecified atom stereocenters. The highest BCUT2D eigenvalue weighted by molar-refractivity contribution is 9.10. The Kier molecular flexibility index (Phi) is 5.34. The number of carbonyl (C=O) groups excluding carboxylic acids is 1. The van der Waals surface area contributed by atoms with Crippen LogP contribution in [0.5, 0.6) is 0 Å². The van der Waals surface area contributed by atoms with Crippen LogP contribution in [0.15, 0.2) is 22.7 Å². The number of rotatable bonds is 0. The molecular formula is C16H23BrN2O3. The molecule has 1 heterocycles. The van der Waals surface area contributed by atoms with Crippen LogP contribution in [0, 0.1) is 0 Å². The molecule has 1 aliphatic heterocycles. The van der Waals surface area contributed by atoms with Crippen LogP contribution in [-0.4, -0.2) is 41.3 Å². The maximum absolute atomic E-state index is 12.3. The fourth-order valence-corrected chi connectivity index (χ4v) is 2.73. The Morgan fingerprint density at radius 2 is 2.18 bits per heavy atom. The van der Waals surface area contributed by atoms with Crippen molar-refractivity contribution in [2.45, 2.75) is 38.9 Å². The van der Waals surface area contributed by atoms with Crippen LogP contribution in [0.3, 0.4) is 0 Å². The number of hydrogen-bond donors (Lipinski definition) is 2. The lowest BCUT2D eigenvalue weighted by Gasteiger charge is -2.28. The summed E-state index contributed by atoms with van der Waals surface area (Å²) >= 11 is 3.42. The third-order valence-corrected chi connectivity index (χ3v) is 3.83. The van der Waals surface area contributed by atoms with E-state index in [2.05, 4.69) is 21.2 Å². The summed E-state index contributed by atoms with van der Waals surface area (Å²) in [4.78, 5) is 13.9. The smallest absolute Gasteiger partial charge is 0.410 e. The lowest BCUT2D eigenvalue weighted by Crippen LogP contribution is -2.39. The Balaban J connectivity index is 2.19. The molecule has 0 fully saturated rings. The van der Waals surface area contributed by atoms with E-state index in [0.29, 0.717) is 6.54 Å². The molecule has 5 nitrogen and oxygen atoms in total. The van der Waals surface area contributed by atoms with Crippen molar-refractivity contribution in [3.8, 4) is 0 Å². The first-order chi connectivity index (χ1) is 10.3. The summed E-state index contributed by atoms with van der Waals surface area (Å²) in [6.45, 7) is 7.03. The highest BCUT2D eigenvalue weighted by atomic mass is 79.9. The zero-order chi connectivity index (χ0) is 16.3. The number of halogens is 1. The molecule has 1 amide bonds. The quantitative estimate of drug-likeness (QED) is 0.733. The van der Waals surface area contributed by atoms with Gasteiger partial charge in [0.15, 0.2) is 0 Å². The van der Waals surface area contributed by atoms with Crippen molar-refractivity contribution in [3.05, 3.63) is 28.2 Å². The van der Waals surface area contributed by atoms with Crippen LogP contribution in [0.1, 0.15) is 38.9 Å². The minimum Gasteiger partial charge on any atom is -0.444 e. The molecule has 6 heteroatoms. The summed E-state index contributed by atoms with van der Waals surface area (Å²) in [7, 11) is 0. The van der Waals surface area contributed by atoms with E-state index in [1.807, 2.05) is 39.0 Å². The van der Waals surface area contributed by atoms with Gasteiger partial charge in [0.05, 0.1) is 12.6 Å². The van der Waals surface area contributed by atoms with Gasteiger partial charge in [-0.25, -0.2) is 4.79 Å². The Hall–Kier alpha value is -1.27. The maximum Gasteiger partial charge on any atom is 0.410 e. The number of nitrogens with zero attached hydrogens (tertiary/aromatic N) is 1. The largest absolute Gasteiger partial charge is 0.444 e. The molecule has 0 aliphatic carbocycles. The van der Waals surface area contributed by atoms with E-state index in [9.17, 15) is 9.90 Å². The Bertz CT molecular complexity index is 543. The van der Waals surface area contributed by atoms with Gasteiger partial charge in [-0.05, 0) is 45.4 Å². The molecular weight excluding hydrogens is 348 g/mol. The van der Waals surface area contributed by atoms with E-state index in [1.54, 1.807) is 4.90 Å². The predicted octanol–water partition coefficient (Wildman–Crippen LogP) is 3.54. The summed E-state index contributed by atoms with van der Waals surface area (Å²) in [5.74, 6) is 0. The molecule has 22 heavy (non-hydrogen) atoms. The number of benzene rings is 1. The molecule has 1 aromatic carbocycles. The second-order valence-electron chi connectivity index (χ2n) is 6.45. The third kappa shape index (κ3) is 4.61. The first-order valence-corrected chi connectivity index (χ1v) is 8.25. The molecule has 122 valence electrons. The van der Waals surface area contributed by atoms with Gasteiger partial charge < -0.3 is 20.1 Å². The van der Waals surface area contributed by atoms with Crippen LogP contribution in [-0.2, 0) is 4.74 Å². The van der Waals surface area contributed by atoms with E-state index in [1.165, 1.54) is 0 Å². The molecule has 0 saturated heterocycles. The Labute approximate surface area is 139 Å². The number of anilines is 1. The summed E-state index contributed by atoms with van der Waals surface area (Å²) in [5, 5.41) is 13.8. The van der Waals surface area contributed by atoms with E-state index < -0.39 is 11.7 Å². The van der Waals surface area contributed by atoms with Gasteiger partial charge in [0, 0.05) is 28.8 Å². The second-order valence-corrected chi connectivity index (χ2v) is 7.37. The van der Waals surface area contributed by atoms with Crippen molar-refractivity contribution in [3.63, 3.8) is 0 Å². The molecule has 0 radical (unpaired) electrons. The first-order valence-electron chi connectivity index (χ1n) is 7.45. The van der Waals surface area contributed by atoms with Crippen LogP contribution in [0.4, 0.5) is 10.5 Å². The number of nitrogens with one attached hydrogen (secondary N) is 1. The van der Waals surface area contributed by atoms with Crippen molar-refractivity contribution in [1.29, 1.82) is 0 Å². The molecule has 0 aromatic heterocycles. The van der Waals surface area contributed by atoms with Crippen molar-refractivity contribution in [1.82, 2.24) is 4.90 Å². The zero-order valence-corrected chi connectivity index (χ0v) is 14.8. The predicted molar refractivity (Wildman–Crippen MR) is 90.0 cm³/mol. The zero-order valence-electron chi connectivity index (χ0n) is 13.2. The number of β-amino-alcohol motifs (C(OH)–C–C–N with tert-alkyl or cyclic N) is 1. The standard InChI is InChI=1S/C16H23BrN2O3/c1-16(2,3)22-15(21)19-8-4-7-18-13-6-5-11(17)9-12(13)14(20)10-19/h5-6,9,14,18,20H,4,7-8,10H2,1-3H3/t14-/m0/s1. The maximum atomic E-state index is 12.3. The molecule has 1 aliphatic rings. The summed E-state index contributed by atoms with van der Waals surface area (Å²) in [5.41, 5.74) is 1.14. The average molecular weight is 371 g/mol. The lowest BCUT2D eigenvalue weighted by atomic mass is 10.1. The highest BCUT2D eigenvalue weighted by Gasteiger charge is 2.26. The van der Waals surface area contributed by atoms with Crippen LogP contribution < -0.4 is 5.32 Å². The van der Waals surface area contributed by atoms with Gasteiger partial charge in [-0.1, -0.05) is 15.9 Å². The SMILES string of the molecule is CC(C)(C)OC(=O)N1CCCNc2ccc(Br)cc2[C@@H](O)C1. The van der Waals surface area contributed by atoms with Crippen LogP contribution in [0.2, 0.25) is 0 Å². The molecule has 1 atom stereocenters. The molecule has 2 rings (SSSR count). The van der Waals surface area contributed by atoms with Crippen molar-refractivity contribution >= 4 is 27.7 Å². The average Bonchev–Trinajstić information content (AvgIpc) is 2.47. The molecule has 1 aromatic rings. The Morgan fingerprint density at radius 3 is 2.86 bits per heavy atom. The van der Waals surface area contributed by atoms with Gasteiger partial charge in [-0.15, -0.1) is 0 Å². The number of amides is 1. The van der Waals surface area contributed by atoms with Gasteiger partial charge in [-0.3, -0.25) is 0 Å². The van der Waals surface area contributed by atoms with Crippen molar-refractivity contribution < 1.29 is 14.6 Å².